The summed E-state index contributed by atoms with van der Waals surface area (Å²) in [7, 11) is 0.788. The molecule has 0 bridgehead atoms. The van der Waals surface area contributed by atoms with Crippen LogP contribution >= 0.6 is 0 Å². The van der Waals surface area contributed by atoms with E-state index < -0.39 is 10.0 Å². The van der Waals surface area contributed by atoms with Crippen LogP contribution in [0.3, 0.4) is 0 Å². The smallest absolute Gasteiger partial charge is 0.211 e. The normalized spacial score (nSPS) is 12.6. The van der Waals surface area contributed by atoms with E-state index in [1.165, 1.54) is 0 Å². The van der Waals surface area contributed by atoms with Gasteiger partial charge in [0.1, 0.15) is 0 Å². The first-order valence-corrected chi connectivity index (χ1v) is 7.86. The number of sulfonamides is 1. The summed E-state index contributed by atoms with van der Waals surface area (Å²) in [5, 5.41) is 2.94. The summed E-state index contributed by atoms with van der Waals surface area (Å²) >= 11 is 0. The summed E-state index contributed by atoms with van der Waals surface area (Å²) in [6.07, 6.45) is 1.50. The van der Waals surface area contributed by atoms with Crippen molar-refractivity contribution in [3.63, 3.8) is 0 Å². The van der Waals surface area contributed by atoms with Gasteiger partial charge in [0.2, 0.25) is 10.0 Å². The molecule has 6 heteroatoms. The summed E-state index contributed by atoms with van der Waals surface area (Å²) in [5.41, 5.74) is 0. The van der Waals surface area contributed by atoms with Gasteiger partial charge >= 0.3 is 0 Å². The number of nitrogens with zero attached hydrogens (tertiary/aromatic N) is 1. The Morgan fingerprint density at radius 3 is 2.35 bits per heavy atom. The fourth-order valence-corrected chi connectivity index (χ4v) is 2.45. The zero-order chi connectivity index (χ0) is 13.3. The van der Waals surface area contributed by atoms with Crippen LogP contribution in [-0.2, 0) is 10.0 Å². The quantitative estimate of drug-likeness (QED) is 0.556. The molecule has 0 atom stereocenters. The standard InChI is InChI=1S/C11H27N3O2S/c1-11(2)14(4)9-5-8-13-17(15,16)10-6-7-12-3/h11-13H,5-10H2,1-4H3. The fourth-order valence-electron chi connectivity index (χ4n) is 1.33. The van der Waals surface area contributed by atoms with Gasteiger partial charge in [-0.15, -0.1) is 0 Å². The monoisotopic (exact) mass is 265 g/mol. The predicted molar refractivity (Wildman–Crippen MR) is 72.7 cm³/mol. The molecule has 0 radical (unpaired) electrons. The maximum absolute atomic E-state index is 11.5. The van der Waals surface area contributed by atoms with E-state index in [-0.39, 0.29) is 5.75 Å². The Labute approximate surface area is 106 Å². The molecule has 0 aromatic carbocycles. The molecule has 0 aliphatic carbocycles. The van der Waals surface area contributed by atoms with Crippen LogP contribution in [0.5, 0.6) is 0 Å². The zero-order valence-electron chi connectivity index (χ0n) is 11.5. The van der Waals surface area contributed by atoms with Crippen LogP contribution in [0, 0.1) is 0 Å². The minimum atomic E-state index is -3.08. The molecule has 0 unspecified atom stereocenters. The third-order valence-corrected chi connectivity index (χ3v) is 4.20. The van der Waals surface area contributed by atoms with Crippen molar-refractivity contribution in [2.45, 2.75) is 32.7 Å². The molecule has 0 spiro atoms. The minimum Gasteiger partial charge on any atom is -0.320 e. The van der Waals surface area contributed by atoms with Crippen LogP contribution in [0.15, 0.2) is 0 Å². The van der Waals surface area contributed by atoms with Crippen molar-refractivity contribution in [2.75, 3.05) is 39.5 Å². The number of hydrogen-bond acceptors (Lipinski definition) is 4. The lowest BCUT2D eigenvalue weighted by molar-refractivity contribution is 0.271. The third-order valence-electron chi connectivity index (χ3n) is 2.73. The summed E-state index contributed by atoms with van der Waals surface area (Å²) in [6, 6.07) is 0.502. The molecule has 0 heterocycles. The molecule has 2 N–H and O–H groups in total. The van der Waals surface area contributed by atoms with E-state index in [0.717, 1.165) is 19.5 Å². The molecule has 0 aromatic heterocycles. The summed E-state index contributed by atoms with van der Waals surface area (Å²) in [4.78, 5) is 2.20. The average molecular weight is 265 g/mol. The highest BCUT2D eigenvalue weighted by Gasteiger charge is 2.09. The lowest BCUT2D eigenvalue weighted by Crippen LogP contribution is -2.32. The van der Waals surface area contributed by atoms with Crippen LogP contribution in [0.25, 0.3) is 0 Å². The number of rotatable bonds is 10. The molecule has 0 aliphatic heterocycles. The Hall–Kier alpha value is -0.170. The maximum Gasteiger partial charge on any atom is 0.211 e. The SMILES string of the molecule is CNCCCS(=O)(=O)NCCCN(C)C(C)C. The first kappa shape index (κ1) is 16.8. The first-order valence-electron chi connectivity index (χ1n) is 6.21. The van der Waals surface area contributed by atoms with Gasteiger partial charge in [-0.1, -0.05) is 0 Å². The third kappa shape index (κ3) is 9.52. The molecule has 17 heavy (non-hydrogen) atoms. The van der Waals surface area contributed by atoms with Crippen LogP contribution in [0.2, 0.25) is 0 Å². The first-order chi connectivity index (χ1) is 7.89. The Kier molecular flexibility index (Phi) is 8.77. The van der Waals surface area contributed by atoms with E-state index in [9.17, 15) is 8.42 Å². The molecule has 104 valence electrons. The maximum atomic E-state index is 11.5. The molecule has 0 amide bonds. The Morgan fingerprint density at radius 2 is 1.82 bits per heavy atom. The van der Waals surface area contributed by atoms with Crippen LogP contribution in [-0.4, -0.2) is 58.8 Å². The van der Waals surface area contributed by atoms with E-state index in [1.54, 1.807) is 0 Å². The molecular weight excluding hydrogens is 238 g/mol. The van der Waals surface area contributed by atoms with Gasteiger partial charge in [0.05, 0.1) is 5.75 Å². The summed E-state index contributed by atoms with van der Waals surface area (Å²) in [5.74, 6) is 0.202. The number of hydrogen-bond donors (Lipinski definition) is 2. The molecule has 0 saturated carbocycles. The summed E-state index contributed by atoms with van der Waals surface area (Å²) in [6.45, 7) is 6.43. The predicted octanol–water partition coefficient (Wildman–Crippen LogP) is 0.246. The Bertz CT molecular complexity index is 278. The topological polar surface area (TPSA) is 61.4 Å². The molecule has 0 aliphatic rings. The van der Waals surface area contributed by atoms with Crippen molar-refractivity contribution < 1.29 is 8.42 Å². The van der Waals surface area contributed by atoms with Crippen LogP contribution < -0.4 is 10.0 Å². The van der Waals surface area contributed by atoms with Gasteiger partial charge in [-0.05, 0) is 53.9 Å². The molecular formula is C11H27N3O2S. The summed E-state index contributed by atoms with van der Waals surface area (Å²) < 4.78 is 25.7. The second-order valence-electron chi connectivity index (χ2n) is 4.60. The number of nitrogens with one attached hydrogen (secondary N) is 2. The van der Waals surface area contributed by atoms with Crippen molar-refractivity contribution in [3.05, 3.63) is 0 Å². The van der Waals surface area contributed by atoms with Gasteiger partial charge in [0.15, 0.2) is 0 Å². The highest BCUT2D eigenvalue weighted by Crippen LogP contribution is 1.95. The largest absolute Gasteiger partial charge is 0.320 e. The molecule has 0 saturated heterocycles. The fraction of sp³-hybridized carbons (Fsp3) is 1.00. The lowest BCUT2D eigenvalue weighted by atomic mass is 10.3. The second-order valence-corrected chi connectivity index (χ2v) is 6.52. The van der Waals surface area contributed by atoms with Gasteiger partial charge in [-0.3, -0.25) is 0 Å². The zero-order valence-corrected chi connectivity index (χ0v) is 12.3. The second kappa shape index (κ2) is 8.85. The Morgan fingerprint density at radius 1 is 1.18 bits per heavy atom. The molecule has 0 rings (SSSR count). The molecule has 0 fully saturated rings. The highest BCUT2D eigenvalue weighted by atomic mass is 32.2. The molecule has 0 aromatic rings. The lowest BCUT2D eigenvalue weighted by Gasteiger charge is -2.20. The minimum absolute atomic E-state index is 0.202. The van der Waals surface area contributed by atoms with Gasteiger partial charge in [-0.25, -0.2) is 13.1 Å². The van der Waals surface area contributed by atoms with Gasteiger partial charge in [0.25, 0.3) is 0 Å². The van der Waals surface area contributed by atoms with Crippen LogP contribution in [0.1, 0.15) is 26.7 Å². The van der Waals surface area contributed by atoms with Gasteiger partial charge in [-0.2, -0.15) is 0 Å². The van der Waals surface area contributed by atoms with Gasteiger partial charge in [0, 0.05) is 12.6 Å². The van der Waals surface area contributed by atoms with E-state index >= 15 is 0 Å². The van der Waals surface area contributed by atoms with Crippen molar-refractivity contribution in [1.82, 2.24) is 14.9 Å². The Balaban J connectivity index is 3.66. The van der Waals surface area contributed by atoms with E-state index in [1.807, 2.05) is 14.1 Å². The van der Waals surface area contributed by atoms with Gasteiger partial charge < -0.3 is 10.2 Å². The van der Waals surface area contributed by atoms with E-state index in [4.69, 9.17) is 0 Å². The van der Waals surface area contributed by atoms with Crippen molar-refractivity contribution >= 4 is 10.0 Å². The van der Waals surface area contributed by atoms with E-state index in [0.29, 0.717) is 19.0 Å². The van der Waals surface area contributed by atoms with E-state index in [2.05, 4.69) is 28.8 Å². The van der Waals surface area contributed by atoms with Crippen molar-refractivity contribution in [1.29, 1.82) is 0 Å². The highest BCUT2D eigenvalue weighted by molar-refractivity contribution is 7.89. The van der Waals surface area contributed by atoms with Crippen molar-refractivity contribution in [2.24, 2.45) is 0 Å². The van der Waals surface area contributed by atoms with Crippen LogP contribution in [0.4, 0.5) is 0 Å². The van der Waals surface area contributed by atoms with Crippen molar-refractivity contribution in [3.8, 4) is 0 Å². The molecule has 5 nitrogen and oxygen atoms in total. The average Bonchev–Trinajstić information content (AvgIpc) is 2.24.